The van der Waals surface area contributed by atoms with Crippen LogP contribution >= 0.6 is 0 Å². The molecule has 1 aromatic carbocycles. The highest BCUT2D eigenvalue weighted by atomic mass is 16.5. The molecule has 2 N–H and O–H groups in total. The SMILES string of the molecule is Nc1cccc(OCCCn2cccnc2=O)c1. The first-order valence-electron chi connectivity index (χ1n) is 5.75. The minimum absolute atomic E-state index is 0.235. The van der Waals surface area contributed by atoms with Crippen LogP contribution in [0, 0.1) is 0 Å². The zero-order valence-electron chi connectivity index (χ0n) is 9.95. The monoisotopic (exact) mass is 245 g/mol. The maximum absolute atomic E-state index is 11.3. The Balaban J connectivity index is 1.80. The van der Waals surface area contributed by atoms with Crippen LogP contribution in [0.1, 0.15) is 6.42 Å². The van der Waals surface area contributed by atoms with Gasteiger partial charge in [-0.05, 0) is 24.6 Å². The van der Waals surface area contributed by atoms with E-state index in [-0.39, 0.29) is 5.69 Å². The van der Waals surface area contributed by atoms with Gasteiger partial charge >= 0.3 is 5.69 Å². The fourth-order valence-electron chi connectivity index (χ4n) is 1.59. The first-order chi connectivity index (χ1) is 8.75. The van der Waals surface area contributed by atoms with Gasteiger partial charge in [-0.1, -0.05) is 6.07 Å². The van der Waals surface area contributed by atoms with Crippen molar-refractivity contribution >= 4 is 5.69 Å². The number of hydrogen-bond acceptors (Lipinski definition) is 4. The van der Waals surface area contributed by atoms with Crippen molar-refractivity contribution in [3.8, 4) is 5.75 Å². The van der Waals surface area contributed by atoms with Crippen LogP contribution in [-0.4, -0.2) is 16.2 Å². The Kier molecular flexibility index (Phi) is 3.96. The summed E-state index contributed by atoms with van der Waals surface area (Å²) >= 11 is 0. The Labute approximate surface area is 105 Å². The van der Waals surface area contributed by atoms with Crippen molar-refractivity contribution in [2.45, 2.75) is 13.0 Å². The Bertz CT molecular complexity index is 566. The highest BCUT2D eigenvalue weighted by molar-refractivity contribution is 5.43. The molecule has 0 saturated carbocycles. The lowest BCUT2D eigenvalue weighted by molar-refractivity contribution is 0.300. The third-order valence-electron chi connectivity index (χ3n) is 2.45. The number of nitrogens with two attached hydrogens (primary N) is 1. The molecule has 0 aliphatic carbocycles. The van der Waals surface area contributed by atoms with E-state index in [4.69, 9.17) is 10.5 Å². The summed E-state index contributed by atoms with van der Waals surface area (Å²) in [6, 6.07) is 9.02. The summed E-state index contributed by atoms with van der Waals surface area (Å²) in [6.07, 6.45) is 3.94. The lowest BCUT2D eigenvalue weighted by atomic mass is 10.3. The number of aryl methyl sites for hydroxylation is 1. The molecule has 0 atom stereocenters. The molecule has 0 bridgehead atoms. The molecular formula is C13H15N3O2. The van der Waals surface area contributed by atoms with Gasteiger partial charge in [-0.25, -0.2) is 9.78 Å². The van der Waals surface area contributed by atoms with Crippen LogP contribution < -0.4 is 16.2 Å². The molecule has 2 aromatic rings. The van der Waals surface area contributed by atoms with Crippen molar-refractivity contribution in [1.82, 2.24) is 9.55 Å². The standard InChI is InChI=1S/C13H15N3O2/c14-11-4-1-5-12(10-11)18-9-3-8-16-7-2-6-15-13(16)17/h1-2,4-7,10H,3,8-9,14H2. The fraction of sp³-hybridized carbons (Fsp3) is 0.231. The second-order valence-corrected chi connectivity index (χ2v) is 3.87. The number of nitrogens with zero attached hydrogens (tertiary/aromatic N) is 2. The second kappa shape index (κ2) is 5.86. The van der Waals surface area contributed by atoms with E-state index in [9.17, 15) is 4.79 Å². The van der Waals surface area contributed by atoms with Gasteiger partial charge in [-0.15, -0.1) is 0 Å². The van der Waals surface area contributed by atoms with Crippen molar-refractivity contribution < 1.29 is 4.74 Å². The van der Waals surface area contributed by atoms with E-state index in [1.165, 1.54) is 6.20 Å². The van der Waals surface area contributed by atoms with Gasteiger partial charge in [0.25, 0.3) is 0 Å². The second-order valence-electron chi connectivity index (χ2n) is 3.87. The number of aromatic nitrogens is 2. The summed E-state index contributed by atoms with van der Waals surface area (Å²) in [5, 5.41) is 0. The van der Waals surface area contributed by atoms with Crippen LogP contribution in [0.4, 0.5) is 5.69 Å². The molecule has 0 amide bonds. The molecule has 0 aliphatic rings. The minimum Gasteiger partial charge on any atom is -0.493 e. The molecule has 0 aliphatic heterocycles. The number of nitrogen functional groups attached to an aromatic ring is 1. The van der Waals surface area contributed by atoms with Gasteiger partial charge in [0.1, 0.15) is 5.75 Å². The van der Waals surface area contributed by atoms with E-state index in [2.05, 4.69) is 4.98 Å². The number of ether oxygens (including phenoxy) is 1. The quantitative estimate of drug-likeness (QED) is 0.636. The molecule has 0 saturated heterocycles. The van der Waals surface area contributed by atoms with Gasteiger partial charge in [-0.2, -0.15) is 0 Å². The third kappa shape index (κ3) is 3.35. The molecule has 5 heteroatoms. The minimum atomic E-state index is -0.235. The smallest absolute Gasteiger partial charge is 0.347 e. The predicted octanol–water partition coefficient (Wildman–Crippen LogP) is 1.29. The van der Waals surface area contributed by atoms with Gasteiger partial charge in [-0.3, -0.25) is 4.57 Å². The predicted molar refractivity (Wildman–Crippen MR) is 69.5 cm³/mol. The summed E-state index contributed by atoms with van der Waals surface area (Å²) in [6.45, 7) is 1.12. The zero-order chi connectivity index (χ0) is 12.8. The normalized spacial score (nSPS) is 10.2. The molecule has 5 nitrogen and oxygen atoms in total. The van der Waals surface area contributed by atoms with Gasteiger partial charge in [0.15, 0.2) is 0 Å². The molecule has 94 valence electrons. The van der Waals surface area contributed by atoms with E-state index in [1.807, 2.05) is 18.2 Å². The van der Waals surface area contributed by atoms with Crippen LogP contribution in [0.15, 0.2) is 47.5 Å². The summed E-state index contributed by atoms with van der Waals surface area (Å²) in [7, 11) is 0. The van der Waals surface area contributed by atoms with E-state index >= 15 is 0 Å². The van der Waals surface area contributed by atoms with Crippen LogP contribution in [0.5, 0.6) is 5.75 Å². The van der Waals surface area contributed by atoms with Gasteiger partial charge < -0.3 is 10.5 Å². The average molecular weight is 245 g/mol. The number of rotatable bonds is 5. The molecule has 0 radical (unpaired) electrons. The Morgan fingerprint density at radius 3 is 3.00 bits per heavy atom. The van der Waals surface area contributed by atoms with Gasteiger partial charge in [0.2, 0.25) is 0 Å². The maximum Gasteiger partial charge on any atom is 0.347 e. The van der Waals surface area contributed by atoms with Gasteiger partial charge in [0.05, 0.1) is 6.61 Å². The highest BCUT2D eigenvalue weighted by Gasteiger charge is 1.97. The number of hydrogen-bond donors (Lipinski definition) is 1. The summed E-state index contributed by atoms with van der Waals surface area (Å²) in [5.41, 5.74) is 6.08. The van der Waals surface area contributed by atoms with Crippen LogP contribution in [0.3, 0.4) is 0 Å². The Hall–Kier alpha value is -2.30. The van der Waals surface area contributed by atoms with Crippen molar-refractivity contribution in [3.63, 3.8) is 0 Å². The lowest BCUT2D eigenvalue weighted by Crippen LogP contribution is -2.22. The number of anilines is 1. The fourth-order valence-corrected chi connectivity index (χ4v) is 1.59. The van der Waals surface area contributed by atoms with E-state index in [0.29, 0.717) is 18.8 Å². The van der Waals surface area contributed by atoms with Gasteiger partial charge in [0, 0.05) is 30.7 Å². The van der Waals surface area contributed by atoms with E-state index < -0.39 is 0 Å². The summed E-state index contributed by atoms with van der Waals surface area (Å²) in [5.74, 6) is 0.744. The van der Waals surface area contributed by atoms with Crippen molar-refractivity contribution in [2.24, 2.45) is 0 Å². The number of benzene rings is 1. The van der Waals surface area contributed by atoms with E-state index in [0.717, 1.165) is 12.2 Å². The van der Waals surface area contributed by atoms with Crippen molar-refractivity contribution in [1.29, 1.82) is 0 Å². The summed E-state index contributed by atoms with van der Waals surface area (Å²) < 4.78 is 7.09. The van der Waals surface area contributed by atoms with Crippen LogP contribution in [-0.2, 0) is 6.54 Å². The van der Waals surface area contributed by atoms with Crippen molar-refractivity contribution in [2.75, 3.05) is 12.3 Å². The molecule has 0 fully saturated rings. The molecule has 2 rings (SSSR count). The lowest BCUT2D eigenvalue weighted by Gasteiger charge is -2.07. The Morgan fingerprint density at radius 2 is 2.22 bits per heavy atom. The average Bonchev–Trinajstić information content (AvgIpc) is 2.37. The molecule has 0 unspecified atom stereocenters. The largest absolute Gasteiger partial charge is 0.493 e. The molecular weight excluding hydrogens is 230 g/mol. The third-order valence-corrected chi connectivity index (χ3v) is 2.45. The molecule has 1 heterocycles. The van der Waals surface area contributed by atoms with Crippen molar-refractivity contribution in [3.05, 3.63) is 53.2 Å². The zero-order valence-corrected chi connectivity index (χ0v) is 9.95. The maximum atomic E-state index is 11.3. The topological polar surface area (TPSA) is 70.1 Å². The molecule has 0 spiro atoms. The molecule has 1 aromatic heterocycles. The Morgan fingerprint density at radius 1 is 1.33 bits per heavy atom. The van der Waals surface area contributed by atoms with E-state index in [1.54, 1.807) is 22.9 Å². The highest BCUT2D eigenvalue weighted by Crippen LogP contribution is 2.14. The van der Waals surface area contributed by atoms with Crippen LogP contribution in [0.25, 0.3) is 0 Å². The first-order valence-corrected chi connectivity index (χ1v) is 5.75. The van der Waals surface area contributed by atoms with Crippen LogP contribution in [0.2, 0.25) is 0 Å². The summed E-state index contributed by atoms with van der Waals surface area (Å²) in [4.78, 5) is 15.0. The molecule has 18 heavy (non-hydrogen) atoms. The first kappa shape index (κ1) is 12.2.